The maximum atomic E-state index is 14.1. The van der Waals surface area contributed by atoms with E-state index in [4.69, 9.17) is 0 Å². The minimum atomic E-state index is -0.704. The second-order valence-electron chi connectivity index (χ2n) is 5.37. The summed E-state index contributed by atoms with van der Waals surface area (Å²) in [6.07, 6.45) is 3.28. The number of nitrogens with one attached hydrogen (secondary N) is 1. The number of rotatable bonds is 3. The molecule has 0 radical (unpaired) electrons. The summed E-state index contributed by atoms with van der Waals surface area (Å²) >= 11 is 0. The first-order valence-corrected chi connectivity index (χ1v) is 7.60. The van der Waals surface area contributed by atoms with Gasteiger partial charge in [0.15, 0.2) is 5.82 Å². The zero-order valence-corrected chi connectivity index (χ0v) is 12.9. The highest BCUT2D eigenvalue weighted by molar-refractivity contribution is 5.92. The van der Waals surface area contributed by atoms with Crippen molar-refractivity contribution in [1.82, 2.24) is 15.0 Å². The highest BCUT2D eigenvalue weighted by Crippen LogP contribution is 2.29. The quantitative estimate of drug-likeness (QED) is 0.589. The van der Waals surface area contributed by atoms with E-state index >= 15 is 0 Å². The lowest BCUT2D eigenvalue weighted by Crippen LogP contribution is -2.01. The van der Waals surface area contributed by atoms with Gasteiger partial charge >= 0.3 is 0 Å². The largest absolute Gasteiger partial charge is 0.340 e. The van der Waals surface area contributed by atoms with Gasteiger partial charge in [-0.3, -0.25) is 4.98 Å². The summed E-state index contributed by atoms with van der Waals surface area (Å²) in [5.74, 6) is -0.949. The van der Waals surface area contributed by atoms with Gasteiger partial charge in [-0.1, -0.05) is 18.2 Å². The van der Waals surface area contributed by atoms with Gasteiger partial charge in [0.05, 0.1) is 11.1 Å². The zero-order valence-electron chi connectivity index (χ0n) is 12.9. The van der Waals surface area contributed by atoms with Gasteiger partial charge in [0.25, 0.3) is 0 Å². The molecule has 2 aromatic carbocycles. The van der Waals surface area contributed by atoms with Crippen molar-refractivity contribution in [2.24, 2.45) is 0 Å². The molecular formula is C19H12F2N4. The molecule has 0 aliphatic carbocycles. The third-order valence-corrected chi connectivity index (χ3v) is 3.73. The van der Waals surface area contributed by atoms with Crippen LogP contribution >= 0.6 is 0 Å². The van der Waals surface area contributed by atoms with Gasteiger partial charge in [-0.25, -0.2) is 18.7 Å². The Morgan fingerprint density at radius 2 is 1.48 bits per heavy atom. The lowest BCUT2D eigenvalue weighted by molar-refractivity contribution is 0.587. The molecule has 4 rings (SSSR count). The van der Waals surface area contributed by atoms with Crippen LogP contribution in [-0.2, 0) is 0 Å². The van der Waals surface area contributed by atoms with Crippen molar-refractivity contribution in [2.45, 2.75) is 0 Å². The van der Waals surface area contributed by atoms with Crippen LogP contribution in [-0.4, -0.2) is 15.0 Å². The van der Waals surface area contributed by atoms with Gasteiger partial charge < -0.3 is 5.32 Å². The fourth-order valence-electron chi connectivity index (χ4n) is 2.57. The Kier molecular flexibility index (Phi) is 3.78. The van der Waals surface area contributed by atoms with Crippen LogP contribution in [0.25, 0.3) is 22.3 Å². The first-order valence-electron chi connectivity index (χ1n) is 7.60. The summed E-state index contributed by atoms with van der Waals surface area (Å²) < 4.78 is 28.3. The maximum absolute atomic E-state index is 14.1. The second kappa shape index (κ2) is 6.24. The summed E-state index contributed by atoms with van der Waals surface area (Å²) in [5, 5.41) is 3.91. The molecule has 0 saturated heterocycles. The number of pyridine rings is 1. The first-order chi connectivity index (χ1) is 12.2. The molecule has 122 valence electrons. The van der Waals surface area contributed by atoms with Crippen LogP contribution < -0.4 is 5.32 Å². The molecule has 2 heterocycles. The van der Waals surface area contributed by atoms with Crippen LogP contribution in [0.1, 0.15) is 0 Å². The third-order valence-electron chi connectivity index (χ3n) is 3.73. The Morgan fingerprint density at radius 1 is 0.760 bits per heavy atom. The molecule has 6 heteroatoms. The highest BCUT2D eigenvalue weighted by Gasteiger charge is 2.16. The number of benzene rings is 2. The van der Waals surface area contributed by atoms with Crippen LogP contribution in [0, 0.1) is 11.6 Å². The van der Waals surface area contributed by atoms with Gasteiger partial charge in [0, 0.05) is 23.5 Å². The predicted molar refractivity (Wildman–Crippen MR) is 92.4 cm³/mol. The van der Waals surface area contributed by atoms with E-state index in [1.807, 2.05) is 18.2 Å². The van der Waals surface area contributed by atoms with E-state index < -0.39 is 11.6 Å². The molecule has 0 amide bonds. The number of nitrogens with zero attached hydrogens (tertiary/aromatic N) is 3. The topological polar surface area (TPSA) is 50.7 Å². The van der Waals surface area contributed by atoms with Gasteiger partial charge in [-0.05, 0) is 36.4 Å². The monoisotopic (exact) mass is 334 g/mol. The number of hydrogen-bond donors (Lipinski definition) is 1. The average molecular weight is 334 g/mol. The highest BCUT2D eigenvalue weighted by atomic mass is 19.1. The van der Waals surface area contributed by atoms with Crippen LogP contribution in [0.4, 0.5) is 20.3 Å². The third kappa shape index (κ3) is 2.89. The Morgan fingerprint density at radius 3 is 2.24 bits per heavy atom. The van der Waals surface area contributed by atoms with E-state index in [1.165, 1.54) is 18.2 Å². The lowest BCUT2D eigenvalue weighted by Gasteiger charge is -2.11. The molecule has 0 bridgehead atoms. The molecule has 4 aromatic rings. The van der Waals surface area contributed by atoms with Crippen LogP contribution in [0.5, 0.6) is 0 Å². The molecule has 25 heavy (non-hydrogen) atoms. The summed E-state index contributed by atoms with van der Waals surface area (Å²) in [6.45, 7) is 0. The molecule has 0 aliphatic heterocycles. The number of anilines is 2. The maximum Gasteiger partial charge on any atom is 0.168 e. The summed E-state index contributed by atoms with van der Waals surface area (Å²) in [5.41, 5.74) is 1.11. The van der Waals surface area contributed by atoms with Crippen molar-refractivity contribution in [1.29, 1.82) is 0 Å². The molecule has 0 spiro atoms. The molecule has 2 aromatic heterocycles. The van der Waals surface area contributed by atoms with Crippen LogP contribution in [0.2, 0.25) is 0 Å². The molecule has 0 saturated carbocycles. The van der Waals surface area contributed by atoms with Gasteiger partial charge in [0.2, 0.25) is 0 Å². The minimum Gasteiger partial charge on any atom is -0.340 e. The van der Waals surface area contributed by atoms with E-state index in [-0.39, 0.29) is 11.4 Å². The van der Waals surface area contributed by atoms with E-state index in [0.717, 1.165) is 11.1 Å². The van der Waals surface area contributed by atoms with Crippen molar-refractivity contribution in [2.75, 3.05) is 5.32 Å². The first kappa shape index (κ1) is 15.1. The smallest absolute Gasteiger partial charge is 0.168 e. The molecular weight excluding hydrogens is 322 g/mol. The van der Waals surface area contributed by atoms with Crippen molar-refractivity contribution < 1.29 is 8.78 Å². The number of hydrogen-bond acceptors (Lipinski definition) is 4. The van der Waals surface area contributed by atoms with E-state index in [0.29, 0.717) is 11.3 Å². The second-order valence-corrected chi connectivity index (χ2v) is 5.37. The molecule has 0 fully saturated rings. The molecule has 0 aliphatic rings. The fourth-order valence-corrected chi connectivity index (χ4v) is 2.57. The molecule has 4 nitrogen and oxygen atoms in total. The normalized spacial score (nSPS) is 10.8. The van der Waals surface area contributed by atoms with E-state index in [9.17, 15) is 8.78 Å². The van der Waals surface area contributed by atoms with Gasteiger partial charge in [-0.15, -0.1) is 0 Å². The number of fused-ring (bicyclic) bond motifs is 1. The SMILES string of the molecule is Fc1cccc(F)c1-c1nc(Nc2ccncc2)c2ccccc2n1. The zero-order chi connectivity index (χ0) is 17.2. The van der Waals surface area contributed by atoms with Gasteiger partial charge in [0.1, 0.15) is 17.5 Å². The lowest BCUT2D eigenvalue weighted by atomic mass is 10.1. The Balaban J connectivity index is 1.93. The Labute approximate surface area is 142 Å². The van der Waals surface area contributed by atoms with Crippen LogP contribution in [0.15, 0.2) is 67.0 Å². The van der Waals surface area contributed by atoms with E-state index in [2.05, 4.69) is 20.3 Å². The van der Waals surface area contributed by atoms with E-state index in [1.54, 1.807) is 30.6 Å². The van der Waals surface area contributed by atoms with Crippen molar-refractivity contribution >= 4 is 22.4 Å². The van der Waals surface area contributed by atoms with Gasteiger partial charge in [-0.2, -0.15) is 0 Å². The number of para-hydroxylation sites is 1. The summed E-state index contributed by atoms with van der Waals surface area (Å²) in [4.78, 5) is 12.7. The van der Waals surface area contributed by atoms with Crippen molar-refractivity contribution in [3.63, 3.8) is 0 Å². The Hall–Kier alpha value is -3.41. The van der Waals surface area contributed by atoms with Crippen molar-refractivity contribution in [3.05, 3.63) is 78.6 Å². The number of aromatic nitrogens is 3. The average Bonchev–Trinajstić information content (AvgIpc) is 2.62. The van der Waals surface area contributed by atoms with Crippen molar-refractivity contribution in [3.8, 4) is 11.4 Å². The summed E-state index contributed by atoms with van der Waals surface area (Å²) in [7, 11) is 0. The standard InChI is InChI=1S/C19H12F2N4/c20-14-5-3-6-15(21)17(14)19-24-16-7-2-1-4-13(16)18(25-19)23-12-8-10-22-11-9-12/h1-11H,(H,22,23,24,25). The Bertz CT molecular complexity index is 1030. The minimum absolute atomic E-state index is 0.00847. The summed E-state index contributed by atoms with van der Waals surface area (Å²) in [6, 6.07) is 14.5. The molecule has 0 atom stereocenters. The molecule has 1 N–H and O–H groups in total. The predicted octanol–water partition coefficient (Wildman–Crippen LogP) is 4.71. The molecule has 0 unspecified atom stereocenters. The fraction of sp³-hybridized carbons (Fsp3) is 0. The van der Waals surface area contributed by atoms with Crippen LogP contribution in [0.3, 0.4) is 0 Å². The number of halogens is 2.